The topological polar surface area (TPSA) is 35.9 Å². The molecular weight excluding hydrogens is 240 g/mol. The van der Waals surface area contributed by atoms with Crippen molar-refractivity contribution in [3.05, 3.63) is 23.8 Å². The van der Waals surface area contributed by atoms with Gasteiger partial charge in [0.1, 0.15) is 5.75 Å². The molecule has 4 nitrogen and oxygen atoms in total. The Labute approximate surface area is 115 Å². The highest BCUT2D eigenvalue weighted by Crippen LogP contribution is 2.36. The van der Waals surface area contributed by atoms with E-state index in [9.17, 15) is 5.11 Å². The fraction of sp³-hybridized carbons (Fsp3) is 0.600. The minimum Gasteiger partial charge on any atom is -0.496 e. The van der Waals surface area contributed by atoms with E-state index < -0.39 is 6.10 Å². The number of benzene rings is 1. The van der Waals surface area contributed by atoms with E-state index >= 15 is 0 Å². The normalized spacial score (nSPS) is 20.9. The highest BCUT2D eigenvalue weighted by molar-refractivity contribution is 5.61. The van der Waals surface area contributed by atoms with E-state index in [0.717, 1.165) is 36.5 Å². The van der Waals surface area contributed by atoms with E-state index in [1.807, 2.05) is 12.1 Å². The number of ether oxygens (including phenoxy) is 1. The summed E-state index contributed by atoms with van der Waals surface area (Å²) in [5.41, 5.74) is 1.99. The Balaban J connectivity index is 2.30. The Hall–Kier alpha value is -1.26. The number of aliphatic hydroxyl groups is 1. The first-order valence-electron chi connectivity index (χ1n) is 6.81. The second-order valence-corrected chi connectivity index (χ2v) is 5.42. The molecule has 1 fully saturated rings. The minimum absolute atomic E-state index is 0.524. The van der Waals surface area contributed by atoms with Crippen LogP contribution in [0, 0.1) is 0 Å². The molecule has 0 aromatic heterocycles. The average Bonchev–Trinajstić information content (AvgIpc) is 2.87. The average molecular weight is 264 g/mol. The maximum Gasteiger partial charge on any atom is 0.126 e. The van der Waals surface area contributed by atoms with E-state index in [2.05, 4.69) is 30.0 Å². The molecule has 0 bridgehead atoms. The van der Waals surface area contributed by atoms with Crippen LogP contribution in [0.5, 0.6) is 5.75 Å². The zero-order valence-electron chi connectivity index (χ0n) is 12.3. The molecule has 0 saturated carbocycles. The van der Waals surface area contributed by atoms with Gasteiger partial charge in [-0.2, -0.15) is 0 Å². The van der Waals surface area contributed by atoms with Gasteiger partial charge in [0.2, 0.25) is 0 Å². The molecule has 2 unspecified atom stereocenters. The number of methoxy groups -OCH3 is 1. The molecule has 0 radical (unpaired) electrons. The summed E-state index contributed by atoms with van der Waals surface area (Å²) in [5, 5.41) is 10.0. The molecule has 1 aromatic rings. The lowest BCUT2D eigenvalue weighted by Crippen LogP contribution is -2.31. The predicted molar refractivity (Wildman–Crippen MR) is 77.9 cm³/mol. The molecule has 1 saturated heterocycles. The van der Waals surface area contributed by atoms with Gasteiger partial charge in [-0.3, -0.25) is 0 Å². The molecule has 2 rings (SSSR count). The fourth-order valence-corrected chi connectivity index (χ4v) is 2.79. The number of anilines is 1. The lowest BCUT2D eigenvalue weighted by atomic mass is 10.1. The molecular formula is C15H24N2O2. The number of rotatable bonds is 4. The number of likely N-dealkylation sites (N-methyl/N-ethyl adjacent to an activating group) is 1. The van der Waals surface area contributed by atoms with E-state index in [1.165, 1.54) is 0 Å². The molecule has 106 valence electrons. The first-order valence-corrected chi connectivity index (χ1v) is 6.81. The van der Waals surface area contributed by atoms with Crippen molar-refractivity contribution in [2.75, 3.05) is 39.2 Å². The fourth-order valence-electron chi connectivity index (χ4n) is 2.79. The minimum atomic E-state index is -0.524. The van der Waals surface area contributed by atoms with Crippen molar-refractivity contribution in [2.45, 2.75) is 25.5 Å². The van der Waals surface area contributed by atoms with Gasteiger partial charge >= 0.3 is 0 Å². The van der Waals surface area contributed by atoms with Crippen LogP contribution < -0.4 is 9.64 Å². The zero-order chi connectivity index (χ0) is 14.0. The first kappa shape index (κ1) is 14.2. The van der Waals surface area contributed by atoms with Crippen LogP contribution in [0.15, 0.2) is 18.2 Å². The van der Waals surface area contributed by atoms with E-state index in [0.29, 0.717) is 6.04 Å². The van der Waals surface area contributed by atoms with Crippen molar-refractivity contribution in [3.63, 3.8) is 0 Å². The third-order valence-corrected chi connectivity index (χ3v) is 3.92. The predicted octanol–water partition coefficient (Wildman–Crippen LogP) is 1.89. The maximum atomic E-state index is 10.0. The third-order valence-electron chi connectivity index (χ3n) is 3.92. The Bertz CT molecular complexity index is 432. The van der Waals surface area contributed by atoms with Crippen LogP contribution in [0.25, 0.3) is 0 Å². The number of aliphatic hydroxyl groups excluding tert-OH is 1. The lowest BCUT2D eigenvalue weighted by Gasteiger charge is -2.26. The van der Waals surface area contributed by atoms with Crippen molar-refractivity contribution < 1.29 is 9.84 Å². The largest absolute Gasteiger partial charge is 0.496 e. The van der Waals surface area contributed by atoms with Crippen LogP contribution in [-0.2, 0) is 0 Å². The second-order valence-electron chi connectivity index (χ2n) is 5.42. The Morgan fingerprint density at radius 1 is 1.42 bits per heavy atom. The van der Waals surface area contributed by atoms with Gasteiger partial charge < -0.3 is 19.6 Å². The molecule has 0 spiro atoms. The molecule has 19 heavy (non-hydrogen) atoms. The summed E-state index contributed by atoms with van der Waals surface area (Å²) < 4.78 is 5.38. The van der Waals surface area contributed by atoms with Gasteiger partial charge in [-0.25, -0.2) is 0 Å². The quantitative estimate of drug-likeness (QED) is 0.901. The number of hydrogen-bond donors (Lipinski definition) is 1. The number of hydrogen-bond acceptors (Lipinski definition) is 4. The molecule has 0 amide bonds. The summed E-state index contributed by atoms with van der Waals surface area (Å²) in [7, 11) is 5.89. The summed E-state index contributed by atoms with van der Waals surface area (Å²) in [5.74, 6) is 0.765. The summed E-state index contributed by atoms with van der Waals surface area (Å²) in [6.45, 7) is 3.82. The molecule has 1 aromatic carbocycles. The Morgan fingerprint density at radius 2 is 2.16 bits per heavy atom. The van der Waals surface area contributed by atoms with Gasteiger partial charge in [0, 0.05) is 30.4 Å². The molecule has 4 heteroatoms. The van der Waals surface area contributed by atoms with Crippen molar-refractivity contribution in [1.82, 2.24) is 4.90 Å². The second kappa shape index (κ2) is 5.80. The molecule has 1 heterocycles. The summed E-state index contributed by atoms with van der Waals surface area (Å²) in [4.78, 5) is 4.61. The Kier molecular flexibility index (Phi) is 4.32. The van der Waals surface area contributed by atoms with Crippen LogP contribution in [-0.4, -0.2) is 50.3 Å². The Morgan fingerprint density at radius 3 is 2.68 bits per heavy atom. The molecule has 1 aliphatic heterocycles. The van der Waals surface area contributed by atoms with Crippen LogP contribution in [0.4, 0.5) is 5.69 Å². The van der Waals surface area contributed by atoms with Gasteiger partial charge in [-0.1, -0.05) is 6.07 Å². The van der Waals surface area contributed by atoms with Crippen molar-refractivity contribution in [2.24, 2.45) is 0 Å². The highest BCUT2D eigenvalue weighted by Gasteiger charge is 2.27. The lowest BCUT2D eigenvalue weighted by molar-refractivity contribution is 0.194. The van der Waals surface area contributed by atoms with Crippen LogP contribution in [0.1, 0.15) is 25.0 Å². The van der Waals surface area contributed by atoms with Crippen LogP contribution >= 0.6 is 0 Å². The van der Waals surface area contributed by atoms with Gasteiger partial charge in [0.25, 0.3) is 0 Å². The van der Waals surface area contributed by atoms with Crippen molar-refractivity contribution in [1.29, 1.82) is 0 Å². The van der Waals surface area contributed by atoms with Gasteiger partial charge in [-0.15, -0.1) is 0 Å². The summed E-state index contributed by atoms with van der Waals surface area (Å²) in [6, 6.07) is 6.55. The SMILES string of the molecule is COc1cccc(N2CCC(N(C)C)C2)c1C(C)O. The zero-order valence-corrected chi connectivity index (χ0v) is 12.3. The molecule has 1 N–H and O–H groups in total. The van der Waals surface area contributed by atoms with Crippen LogP contribution in [0.2, 0.25) is 0 Å². The van der Waals surface area contributed by atoms with E-state index in [-0.39, 0.29) is 0 Å². The van der Waals surface area contributed by atoms with Gasteiger partial charge in [0.05, 0.1) is 13.2 Å². The first-order chi connectivity index (χ1) is 9.04. The maximum absolute atomic E-state index is 10.0. The van der Waals surface area contributed by atoms with Gasteiger partial charge in [0.15, 0.2) is 0 Å². The van der Waals surface area contributed by atoms with E-state index in [1.54, 1.807) is 14.0 Å². The molecule has 1 aliphatic rings. The highest BCUT2D eigenvalue weighted by atomic mass is 16.5. The van der Waals surface area contributed by atoms with Crippen molar-refractivity contribution in [3.8, 4) is 5.75 Å². The van der Waals surface area contributed by atoms with E-state index in [4.69, 9.17) is 4.74 Å². The molecule has 0 aliphatic carbocycles. The smallest absolute Gasteiger partial charge is 0.126 e. The number of nitrogens with zero attached hydrogens (tertiary/aromatic N) is 2. The molecule has 2 atom stereocenters. The third kappa shape index (κ3) is 2.85. The summed E-state index contributed by atoms with van der Waals surface area (Å²) >= 11 is 0. The van der Waals surface area contributed by atoms with Crippen LogP contribution in [0.3, 0.4) is 0 Å². The monoisotopic (exact) mass is 264 g/mol. The standard InChI is InChI=1S/C15H24N2O2/c1-11(18)15-13(6-5-7-14(15)19-4)17-9-8-12(10-17)16(2)3/h5-7,11-12,18H,8-10H2,1-4H3. The van der Waals surface area contributed by atoms with Crippen molar-refractivity contribution >= 4 is 5.69 Å². The summed E-state index contributed by atoms with van der Waals surface area (Å²) in [6.07, 6.45) is 0.633. The van der Waals surface area contributed by atoms with Gasteiger partial charge in [-0.05, 0) is 39.6 Å².